The summed E-state index contributed by atoms with van der Waals surface area (Å²) < 4.78 is 5.92. The molecule has 0 bridgehead atoms. The molecule has 0 unspecified atom stereocenters. The molecule has 0 spiro atoms. The van der Waals surface area contributed by atoms with Crippen LogP contribution in [0.25, 0.3) is 11.0 Å². The van der Waals surface area contributed by atoms with Crippen molar-refractivity contribution in [1.29, 1.82) is 0 Å². The fraction of sp³-hybridized carbons (Fsp3) is 0. The average Bonchev–Trinajstić information content (AvgIpc) is 2.34. The Morgan fingerprint density at radius 3 is 3.00 bits per heavy atom. The molecule has 1 heterocycles. The van der Waals surface area contributed by atoms with E-state index in [9.17, 15) is 0 Å². The Morgan fingerprint density at radius 2 is 2.18 bits per heavy atom. The fourth-order valence-corrected chi connectivity index (χ4v) is 1.58. The van der Waals surface area contributed by atoms with Crippen molar-refractivity contribution in [3.8, 4) is 5.75 Å². The van der Waals surface area contributed by atoms with Crippen molar-refractivity contribution in [2.75, 3.05) is 0 Å². The Labute approximate surface area is 71.6 Å². The summed E-state index contributed by atoms with van der Waals surface area (Å²) >= 11 is 3.27. The van der Waals surface area contributed by atoms with E-state index in [1.165, 1.54) is 0 Å². The Morgan fingerprint density at radius 1 is 1.36 bits per heavy atom. The van der Waals surface area contributed by atoms with Crippen LogP contribution in [-0.4, -0.2) is 5.11 Å². The van der Waals surface area contributed by atoms with Gasteiger partial charge in [0.1, 0.15) is 11.3 Å². The summed E-state index contributed by atoms with van der Waals surface area (Å²) in [5.41, 5.74) is 0.766. The van der Waals surface area contributed by atoms with Crippen molar-refractivity contribution < 1.29 is 9.52 Å². The van der Waals surface area contributed by atoms with Gasteiger partial charge in [-0.05, 0) is 34.1 Å². The number of furan rings is 1. The normalized spacial score (nSPS) is 10.6. The Hall–Kier alpha value is -0.960. The number of halogens is 1. The van der Waals surface area contributed by atoms with Gasteiger partial charge in [-0.25, -0.2) is 0 Å². The van der Waals surface area contributed by atoms with Crippen LogP contribution >= 0.6 is 15.9 Å². The smallest absolute Gasteiger partial charge is 0.148 e. The van der Waals surface area contributed by atoms with Crippen molar-refractivity contribution in [1.82, 2.24) is 0 Å². The number of phenolic OH excluding ortho intramolecular Hbond substituents is 1. The first-order valence-electron chi connectivity index (χ1n) is 3.13. The molecule has 3 heteroatoms. The second-order valence-electron chi connectivity index (χ2n) is 2.27. The lowest BCUT2D eigenvalue weighted by Crippen LogP contribution is -1.67. The van der Waals surface area contributed by atoms with Crippen LogP contribution in [0.15, 0.2) is 33.4 Å². The molecule has 2 aromatic rings. The number of hydrogen-bond acceptors (Lipinski definition) is 2. The van der Waals surface area contributed by atoms with Gasteiger partial charge in [0.2, 0.25) is 0 Å². The van der Waals surface area contributed by atoms with Crippen LogP contribution in [0.4, 0.5) is 0 Å². The number of fused-ring (bicyclic) bond motifs is 1. The first kappa shape index (κ1) is 6.73. The van der Waals surface area contributed by atoms with E-state index < -0.39 is 0 Å². The molecule has 0 aliphatic rings. The van der Waals surface area contributed by atoms with Crippen LogP contribution < -0.4 is 0 Å². The van der Waals surface area contributed by atoms with E-state index in [1.807, 2.05) is 0 Å². The molecular formula is C8H5BrO2. The van der Waals surface area contributed by atoms with E-state index in [-0.39, 0.29) is 5.75 Å². The van der Waals surface area contributed by atoms with Crippen LogP contribution in [0.5, 0.6) is 5.75 Å². The maximum Gasteiger partial charge on any atom is 0.148 e. The maximum absolute atomic E-state index is 9.16. The molecule has 0 radical (unpaired) electrons. The Balaban J connectivity index is 2.91. The molecule has 1 aromatic carbocycles. The summed E-state index contributed by atoms with van der Waals surface area (Å²) in [6.45, 7) is 0. The molecule has 11 heavy (non-hydrogen) atoms. The minimum absolute atomic E-state index is 0.241. The summed E-state index contributed by atoms with van der Waals surface area (Å²) in [6, 6.07) is 5.06. The summed E-state index contributed by atoms with van der Waals surface area (Å²) in [6.07, 6.45) is 1.59. The number of aromatic hydroxyl groups is 1. The lowest BCUT2D eigenvalue weighted by Gasteiger charge is -1.93. The van der Waals surface area contributed by atoms with Gasteiger partial charge in [0.05, 0.1) is 10.7 Å². The number of phenols is 1. The van der Waals surface area contributed by atoms with E-state index in [0.717, 1.165) is 15.4 Å². The van der Waals surface area contributed by atoms with Crippen molar-refractivity contribution in [2.45, 2.75) is 0 Å². The van der Waals surface area contributed by atoms with E-state index in [0.29, 0.717) is 0 Å². The molecule has 1 aromatic heterocycles. The summed E-state index contributed by atoms with van der Waals surface area (Å²) in [4.78, 5) is 0. The van der Waals surface area contributed by atoms with Crippen molar-refractivity contribution in [2.24, 2.45) is 0 Å². The molecule has 0 fully saturated rings. The van der Waals surface area contributed by atoms with Gasteiger partial charge in [-0.3, -0.25) is 0 Å². The van der Waals surface area contributed by atoms with E-state index in [4.69, 9.17) is 9.52 Å². The minimum atomic E-state index is 0.241. The molecule has 0 aliphatic heterocycles. The molecule has 0 saturated carbocycles. The van der Waals surface area contributed by atoms with Gasteiger partial charge < -0.3 is 9.52 Å². The summed E-state index contributed by atoms with van der Waals surface area (Å²) in [7, 11) is 0. The summed E-state index contributed by atoms with van der Waals surface area (Å²) in [5.74, 6) is 0.241. The third-order valence-electron chi connectivity index (χ3n) is 1.49. The highest BCUT2D eigenvalue weighted by atomic mass is 79.9. The van der Waals surface area contributed by atoms with Gasteiger partial charge >= 0.3 is 0 Å². The molecule has 1 N–H and O–H groups in total. The second kappa shape index (κ2) is 2.27. The van der Waals surface area contributed by atoms with Crippen molar-refractivity contribution in [3.05, 3.63) is 28.9 Å². The largest absolute Gasteiger partial charge is 0.508 e. The van der Waals surface area contributed by atoms with Crippen LogP contribution in [0, 0.1) is 0 Å². The molecule has 0 aliphatic carbocycles. The minimum Gasteiger partial charge on any atom is -0.508 e. The highest BCUT2D eigenvalue weighted by Crippen LogP contribution is 2.29. The Bertz CT molecular complexity index is 392. The van der Waals surface area contributed by atoms with Gasteiger partial charge in [-0.15, -0.1) is 0 Å². The fourth-order valence-electron chi connectivity index (χ4n) is 1.02. The zero-order valence-electron chi connectivity index (χ0n) is 5.54. The van der Waals surface area contributed by atoms with Crippen molar-refractivity contribution in [3.63, 3.8) is 0 Å². The zero-order chi connectivity index (χ0) is 7.84. The van der Waals surface area contributed by atoms with E-state index in [2.05, 4.69) is 15.9 Å². The molecule has 0 amide bonds. The molecular weight excluding hydrogens is 208 g/mol. The number of hydrogen-bond donors (Lipinski definition) is 1. The first-order valence-corrected chi connectivity index (χ1v) is 3.92. The van der Waals surface area contributed by atoms with Crippen LogP contribution in [-0.2, 0) is 0 Å². The molecule has 0 atom stereocenters. The third-order valence-corrected chi connectivity index (χ3v) is 2.08. The van der Waals surface area contributed by atoms with Gasteiger partial charge in [-0.1, -0.05) is 0 Å². The van der Waals surface area contributed by atoms with Crippen molar-refractivity contribution >= 4 is 26.9 Å². The second-order valence-corrected chi connectivity index (χ2v) is 3.12. The lowest BCUT2D eigenvalue weighted by molar-refractivity contribution is 0.475. The van der Waals surface area contributed by atoms with E-state index in [1.54, 1.807) is 24.5 Å². The third kappa shape index (κ3) is 1.01. The SMILES string of the molecule is Oc1cc(Br)c2occc2c1. The van der Waals surface area contributed by atoms with Gasteiger partial charge in [0, 0.05) is 5.39 Å². The topological polar surface area (TPSA) is 33.4 Å². The number of rotatable bonds is 0. The van der Waals surface area contributed by atoms with Crippen LogP contribution in [0.2, 0.25) is 0 Å². The first-order chi connectivity index (χ1) is 5.27. The van der Waals surface area contributed by atoms with Gasteiger partial charge in [-0.2, -0.15) is 0 Å². The highest BCUT2D eigenvalue weighted by Gasteiger charge is 2.02. The molecule has 56 valence electrons. The quantitative estimate of drug-likeness (QED) is 0.729. The lowest BCUT2D eigenvalue weighted by atomic mass is 10.2. The molecule has 2 nitrogen and oxygen atoms in total. The average molecular weight is 213 g/mol. The predicted octanol–water partition coefficient (Wildman–Crippen LogP) is 2.90. The number of benzene rings is 1. The van der Waals surface area contributed by atoms with E-state index >= 15 is 0 Å². The summed E-state index contributed by atoms with van der Waals surface area (Å²) in [5, 5.41) is 10.1. The zero-order valence-corrected chi connectivity index (χ0v) is 7.13. The van der Waals surface area contributed by atoms with Gasteiger partial charge in [0.15, 0.2) is 0 Å². The Kier molecular flexibility index (Phi) is 1.39. The standard InChI is InChI=1S/C8H5BrO2/c9-7-4-6(10)3-5-1-2-11-8(5)7/h1-4,10H. The highest BCUT2D eigenvalue weighted by molar-refractivity contribution is 9.10. The maximum atomic E-state index is 9.16. The van der Waals surface area contributed by atoms with Gasteiger partial charge in [0.25, 0.3) is 0 Å². The van der Waals surface area contributed by atoms with Crippen LogP contribution in [0.3, 0.4) is 0 Å². The molecule has 0 saturated heterocycles. The monoisotopic (exact) mass is 212 g/mol. The predicted molar refractivity (Wildman–Crippen MR) is 45.6 cm³/mol. The van der Waals surface area contributed by atoms with Crippen LogP contribution in [0.1, 0.15) is 0 Å². The molecule has 2 rings (SSSR count).